The molecule has 2 unspecified atom stereocenters. The zero-order valence-corrected chi connectivity index (χ0v) is 13.7. The summed E-state index contributed by atoms with van der Waals surface area (Å²) >= 11 is 8.01. The number of rotatable bonds is 3. The van der Waals surface area contributed by atoms with E-state index in [2.05, 4.69) is 31.0 Å². The predicted octanol–water partition coefficient (Wildman–Crippen LogP) is 5.45. The molecule has 0 aliphatic rings. The number of alkyl halides is 1. The van der Waals surface area contributed by atoms with Gasteiger partial charge in [-0.2, -0.15) is 0 Å². The molecule has 0 saturated heterocycles. The second-order valence-corrected chi connectivity index (χ2v) is 7.16. The van der Waals surface area contributed by atoms with Crippen LogP contribution in [0.5, 0.6) is 0 Å². The maximum atomic E-state index is 14.0. The van der Waals surface area contributed by atoms with Crippen LogP contribution in [0, 0.1) is 12.7 Å². The summed E-state index contributed by atoms with van der Waals surface area (Å²) in [5, 5.41) is -0.277. The van der Waals surface area contributed by atoms with Crippen LogP contribution in [-0.4, -0.2) is 9.55 Å². The van der Waals surface area contributed by atoms with Gasteiger partial charge in [-0.1, -0.05) is 6.07 Å². The number of para-hydroxylation sites is 1. The molecule has 2 atom stereocenters. The first kappa shape index (κ1) is 14.5. The zero-order chi connectivity index (χ0) is 15.1. The van der Waals surface area contributed by atoms with Crippen molar-refractivity contribution in [1.29, 1.82) is 0 Å². The molecule has 0 aliphatic carbocycles. The molecule has 0 aliphatic heterocycles. The van der Waals surface area contributed by atoms with E-state index in [-0.39, 0.29) is 17.2 Å². The van der Waals surface area contributed by atoms with E-state index in [0.29, 0.717) is 11.3 Å². The lowest BCUT2D eigenvalue weighted by atomic mass is 10.2. The average Bonchev–Trinajstić information content (AvgIpc) is 3.02. The molecular formula is C16H16ClFN2S. The number of halogens is 2. The molecule has 2 aromatic heterocycles. The first-order valence-electron chi connectivity index (χ1n) is 6.85. The van der Waals surface area contributed by atoms with Crippen LogP contribution in [0.1, 0.15) is 40.8 Å². The Balaban J connectivity index is 2.24. The van der Waals surface area contributed by atoms with Gasteiger partial charge in [0.15, 0.2) is 5.82 Å². The molecule has 5 heteroatoms. The molecule has 0 bridgehead atoms. The predicted molar refractivity (Wildman–Crippen MR) is 86.8 cm³/mol. The normalized spacial score (nSPS) is 14.5. The van der Waals surface area contributed by atoms with E-state index in [0.717, 1.165) is 5.52 Å². The lowest BCUT2D eigenvalue weighted by molar-refractivity contribution is 0.628. The Hall–Kier alpha value is -1.39. The number of thiophene rings is 1. The summed E-state index contributed by atoms with van der Waals surface area (Å²) in [5.74, 6) is 0.398. The van der Waals surface area contributed by atoms with Crippen LogP contribution >= 0.6 is 22.9 Å². The maximum Gasteiger partial charge on any atom is 0.151 e. The minimum Gasteiger partial charge on any atom is -0.318 e. The average molecular weight is 323 g/mol. The third-order valence-corrected chi connectivity index (χ3v) is 4.98. The van der Waals surface area contributed by atoms with Gasteiger partial charge in [0, 0.05) is 9.75 Å². The summed E-state index contributed by atoms with van der Waals surface area (Å²) in [6, 6.07) is 9.32. The molecule has 0 amide bonds. The van der Waals surface area contributed by atoms with Crippen molar-refractivity contribution in [1.82, 2.24) is 9.55 Å². The van der Waals surface area contributed by atoms with Crippen molar-refractivity contribution in [3.8, 4) is 0 Å². The van der Waals surface area contributed by atoms with Crippen LogP contribution in [0.4, 0.5) is 4.39 Å². The molecule has 2 nitrogen and oxygen atoms in total. The van der Waals surface area contributed by atoms with Crippen LogP contribution in [0.25, 0.3) is 11.0 Å². The standard InChI is InChI=1S/C16H16ClFN2S/c1-9-7-8-14(21-9)11(3)20-13-6-4-5-12(18)15(13)19-16(20)10(2)17/h4-8,10-11H,1-3H3. The van der Waals surface area contributed by atoms with Gasteiger partial charge in [0.05, 0.1) is 16.9 Å². The summed E-state index contributed by atoms with van der Waals surface area (Å²) < 4.78 is 16.0. The van der Waals surface area contributed by atoms with Gasteiger partial charge in [-0.05, 0) is 45.0 Å². The number of hydrogen-bond donors (Lipinski definition) is 0. The summed E-state index contributed by atoms with van der Waals surface area (Å²) in [6.07, 6.45) is 0. The van der Waals surface area contributed by atoms with E-state index in [1.54, 1.807) is 17.4 Å². The van der Waals surface area contributed by atoms with Gasteiger partial charge in [-0.3, -0.25) is 0 Å². The SMILES string of the molecule is Cc1ccc(C(C)n2c(C(C)Cl)nc3c(F)cccc32)s1. The van der Waals surface area contributed by atoms with Crippen molar-refractivity contribution in [3.05, 3.63) is 51.7 Å². The molecule has 0 fully saturated rings. The smallest absolute Gasteiger partial charge is 0.151 e. The van der Waals surface area contributed by atoms with Crippen molar-refractivity contribution < 1.29 is 4.39 Å². The second kappa shape index (κ2) is 5.43. The van der Waals surface area contributed by atoms with Crippen molar-refractivity contribution in [3.63, 3.8) is 0 Å². The number of fused-ring (bicyclic) bond motifs is 1. The van der Waals surface area contributed by atoms with E-state index in [9.17, 15) is 4.39 Å². The Morgan fingerprint density at radius 3 is 2.62 bits per heavy atom. The van der Waals surface area contributed by atoms with E-state index in [1.165, 1.54) is 15.8 Å². The maximum absolute atomic E-state index is 14.0. The van der Waals surface area contributed by atoms with Gasteiger partial charge in [0.25, 0.3) is 0 Å². The molecule has 0 spiro atoms. The number of imidazole rings is 1. The highest BCUT2D eigenvalue weighted by atomic mass is 35.5. The molecule has 1 aromatic carbocycles. The fourth-order valence-corrected chi connectivity index (χ4v) is 3.67. The molecule has 2 heterocycles. The first-order chi connectivity index (χ1) is 9.99. The van der Waals surface area contributed by atoms with Gasteiger partial charge in [-0.25, -0.2) is 9.37 Å². The van der Waals surface area contributed by atoms with Gasteiger partial charge in [0.2, 0.25) is 0 Å². The fourth-order valence-electron chi connectivity index (χ4n) is 2.59. The molecule has 3 aromatic rings. The van der Waals surface area contributed by atoms with E-state index < -0.39 is 0 Å². The van der Waals surface area contributed by atoms with Crippen LogP contribution in [0.3, 0.4) is 0 Å². The summed E-state index contributed by atoms with van der Waals surface area (Å²) in [7, 11) is 0. The van der Waals surface area contributed by atoms with Crippen LogP contribution < -0.4 is 0 Å². The van der Waals surface area contributed by atoms with Crippen molar-refractivity contribution in [2.45, 2.75) is 32.2 Å². The lowest BCUT2D eigenvalue weighted by Crippen LogP contribution is -2.10. The highest BCUT2D eigenvalue weighted by molar-refractivity contribution is 7.12. The Labute approximate surface area is 132 Å². The molecular weight excluding hydrogens is 307 g/mol. The van der Waals surface area contributed by atoms with E-state index in [4.69, 9.17) is 11.6 Å². The number of aryl methyl sites for hydroxylation is 1. The number of hydrogen-bond acceptors (Lipinski definition) is 2. The van der Waals surface area contributed by atoms with Gasteiger partial charge in [0.1, 0.15) is 11.3 Å². The van der Waals surface area contributed by atoms with Crippen molar-refractivity contribution in [2.24, 2.45) is 0 Å². The highest BCUT2D eigenvalue weighted by Crippen LogP contribution is 2.34. The third-order valence-electron chi connectivity index (χ3n) is 3.61. The summed E-state index contributed by atoms with van der Waals surface area (Å²) in [6.45, 7) is 6.04. The molecule has 0 saturated carbocycles. The third kappa shape index (κ3) is 2.47. The number of nitrogens with zero attached hydrogens (tertiary/aromatic N) is 2. The molecule has 3 rings (SSSR count). The van der Waals surface area contributed by atoms with E-state index >= 15 is 0 Å². The molecule has 0 radical (unpaired) electrons. The van der Waals surface area contributed by atoms with Crippen molar-refractivity contribution >= 4 is 34.0 Å². The minimum atomic E-state index is -0.306. The summed E-state index contributed by atoms with van der Waals surface area (Å²) in [5.41, 5.74) is 1.18. The first-order valence-corrected chi connectivity index (χ1v) is 8.11. The Morgan fingerprint density at radius 2 is 2.00 bits per heavy atom. The van der Waals surface area contributed by atoms with Crippen LogP contribution in [-0.2, 0) is 0 Å². The zero-order valence-electron chi connectivity index (χ0n) is 12.1. The Morgan fingerprint density at radius 1 is 1.24 bits per heavy atom. The highest BCUT2D eigenvalue weighted by Gasteiger charge is 2.22. The Kier molecular flexibility index (Phi) is 3.76. The van der Waals surface area contributed by atoms with E-state index in [1.807, 2.05) is 17.6 Å². The molecule has 110 valence electrons. The Bertz CT molecular complexity index is 791. The molecule has 0 N–H and O–H groups in total. The lowest BCUT2D eigenvalue weighted by Gasteiger charge is -2.17. The topological polar surface area (TPSA) is 17.8 Å². The van der Waals surface area contributed by atoms with Crippen LogP contribution in [0.2, 0.25) is 0 Å². The number of benzene rings is 1. The fraction of sp³-hybridized carbons (Fsp3) is 0.312. The van der Waals surface area contributed by atoms with Crippen LogP contribution in [0.15, 0.2) is 30.3 Å². The summed E-state index contributed by atoms with van der Waals surface area (Å²) in [4.78, 5) is 6.90. The largest absolute Gasteiger partial charge is 0.318 e. The van der Waals surface area contributed by atoms with Gasteiger partial charge in [-0.15, -0.1) is 22.9 Å². The second-order valence-electron chi connectivity index (χ2n) is 5.19. The molecule has 21 heavy (non-hydrogen) atoms. The van der Waals surface area contributed by atoms with Gasteiger partial charge < -0.3 is 4.57 Å². The minimum absolute atomic E-state index is 0.0756. The monoisotopic (exact) mass is 322 g/mol. The van der Waals surface area contributed by atoms with Gasteiger partial charge >= 0.3 is 0 Å². The van der Waals surface area contributed by atoms with Crippen molar-refractivity contribution in [2.75, 3.05) is 0 Å². The number of aromatic nitrogens is 2. The quantitative estimate of drug-likeness (QED) is 0.586.